The maximum absolute atomic E-state index is 6.19. The number of nitrogens with zero attached hydrogens (tertiary/aromatic N) is 2. The van der Waals surface area contributed by atoms with Crippen LogP contribution in [0.25, 0.3) is 32.9 Å². The molecule has 2 heterocycles. The average molecular weight is 291 g/mol. The Labute approximate surface area is 127 Å². The summed E-state index contributed by atoms with van der Waals surface area (Å²) in [5, 5.41) is 2.80. The molecule has 0 aliphatic rings. The van der Waals surface area contributed by atoms with Crippen molar-refractivity contribution in [2.24, 2.45) is 0 Å². The van der Waals surface area contributed by atoms with Gasteiger partial charge in [-0.25, -0.2) is 4.98 Å². The monoisotopic (exact) mass is 290 g/mol. The highest BCUT2D eigenvalue weighted by molar-refractivity contribution is 6.31. The van der Waals surface area contributed by atoms with Gasteiger partial charge in [-0.15, -0.1) is 0 Å². The summed E-state index contributed by atoms with van der Waals surface area (Å²) in [6, 6.07) is 18.0. The molecular weight excluding hydrogens is 280 g/mol. The lowest BCUT2D eigenvalue weighted by Gasteiger charge is -2.11. The third-order valence-corrected chi connectivity index (χ3v) is 3.83. The largest absolute Gasteiger partial charge is 0.264 e. The fourth-order valence-electron chi connectivity index (χ4n) is 2.67. The van der Waals surface area contributed by atoms with Gasteiger partial charge in [0.2, 0.25) is 0 Å². The van der Waals surface area contributed by atoms with E-state index < -0.39 is 0 Å². The molecule has 2 nitrogen and oxygen atoms in total. The predicted octanol–water partition coefficient (Wildman–Crippen LogP) is 5.10. The highest BCUT2D eigenvalue weighted by Crippen LogP contribution is 2.35. The highest BCUT2D eigenvalue weighted by atomic mass is 35.5. The van der Waals surface area contributed by atoms with Crippen molar-refractivity contribution in [3.05, 3.63) is 72.0 Å². The van der Waals surface area contributed by atoms with Crippen LogP contribution in [0.15, 0.2) is 67.0 Å². The van der Waals surface area contributed by atoms with Crippen LogP contribution in [0.5, 0.6) is 0 Å². The van der Waals surface area contributed by atoms with E-state index in [0.717, 1.165) is 32.9 Å². The molecule has 0 spiro atoms. The molecule has 0 fully saturated rings. The van der Waals surface area contributed by atoms with Crippen LogP contribution in [0.3, 0.4) is 0 Å². The molecule has 0 aliphatic heterocycles. The topological polar surface area (TPSA) is 25.8 Å². The van der Waals surface area contributed by atoms with Crippen LogP contribution in [0.1, 0.15) is 0 Å². The van der Waals surface area contributed by atoms with Gasteiger partial charge < -0.3 is 0 Å². The van der Waals surface area contributed by atoms with E-state index in [1.165, 1.54) is 0 Å². The quantitative estimate of drug-likeness (QED) is 0.456. The van der Waals surface area contributed by atoms with Gasteiger partial charge in [0.15, 0.2) is 0 Å². The summed E-state index contributed by atoms with van der Waals surface area (Å²) in [7, 11) is 0. The Balaban J connectivity index is 2.24. The van der Waals surface area contributed by atoms with Crippen LogP contribution < -0.4 is 0 Å². The lowest BCUT2D eigenvalue weighted by atomic mass is 9.97. The van der Waals surface area contributed by atoms with Gasteiger partial charge in [0.05, 0.1) is 11.0 Å². The predicted molar refractivity (Wildman–Crippen MR) is 87.5 cm³/mol. The first-order valence-corrected chi connectivity index (χ1v) is 7.09. The number of aromatic nitrogens is 2. The van der Waals surface area contributed by atoms with Crippen LogP contribution in [-0.4, -0.2) is 9.97 Å². The zero-order valence-electron chi connectivity index (χ0n) is 11.1. The molecule has 100 valence electrons. The van der Waals surface area contributed by atoms with Gasteiger partial charge in [-0.05, 0) is 29.8 Å². The zero-order valence-corrected chi connectivity index (χ0v) is 11.9. The van der Waals surface area contributed by atoms with Gasteiger partial charge in [-0.3, -0.25) is 4.98 Å². The van der Waals surface area contributed by atoms with Crippen molar-refractivity contribution in [3.63, 3.8) is 0 Å². The number of pyridine rings is 2. The molecule has 0 unspecified atom stereocenters. The Bertz CT molecular complexity index is 949. The van der Waals surface area contributed by atoms with Crippen molar-refractivity contribution in [1.29, 1.82) is 0 Å². The van der Waals surface area contributed by atoms with Crippen molar-refractivity contribution in [2.45, 2.75) is 0 Å². The van der Waals surface area contributed by atoms with Crippen LogP contribution in [-0.2, 0) is 0 Å². The second kappa shape index (κ2) is 4.83. The lowest BCUT2D eigenvalue weighted by Crippen LogP contribution is -1.89. The normalized spacial score (nSPS) is 11.1. The minimum absolute atomic E-state index is 0.713. The summed E-state index contributed by atoms with van der Waals surface area (Å²) < 4.78 is 0. The molecule has 21 heavy (non-hydrogen) atoms. The van der Waals surface area contributed by atoms with E-state index in [1.807, 2.05) is 48.7 Å². The lowest BCUT2D eigenvalue weighted by molar-refractivity contribution is 1.34. The van der Waals surface area contributed by atoms with Crippen molar-refractivity contribution >= 4 is 33.4 Å². The van der Waals surface area contributed by atoms with Crippen molar-refractivity contribution in [2.75, 3.05) is 0 Å². The van der Waals surface area contributed by atoms with Gasteiger partial charge in [0, 0.05) is 33.8 Å². The Morgan fingerprint density at radius 2 is 1.62 bits per heavy atom. The first-order chi connectivity index (χ1) is 10.3. The standard InChI is InChI=1S/C18H11ClN2/c19-13-6-7-16-14(10-13)18(12-4-2-1-3-5-12)15-11-20-9-8-17(15)21-16/h1-11H. The van der Waals surface area contributed by atoms with E-state index in [4.69, 9.17) is 16.6 Å². The third kappa shape index (κ3) is 2.05. The minimum atomic E-state index is 0.713. The number of hydrogen-bond acceptors (Lipinski definition) is 2. The average Bonchev–Trinajstić information content (AvgIpc) is 2.53. The molecule has 2 aromatic carbocycles. The summed E-state index contributed by atoms with van der Waals surface area (Å²) in [5.41, 5.74) is 4.16. The van der Waals surface area contributed by atoms with E-state index >= 15 is 0 Å². The van der Waals surface area contributed by atoms with Gasteiger partial charge in [-0.1, -0.05) is 41.9 Å². The molecule has 0 N–H and O–H groups in total. The van der Waals surface area contributed by atoms with Crippen LogP contribution >= 0.6 is 11.6 Å². The SMILES string of the molecule is Clc1ccc2nc3ccncc3c(-c3ccccc3)c2c1. The van der Waals surface area contributed by atoms with E-state index in [-0.39, 0.29) is 0 Å². The van der Waals surface area contributed by atoms with E-state index in [0.29, 0.717) is 5.02 Å². The second-order valence-electron chi connectivity index (χ2n) is 4.91. The van der Waals surface area contributed by atoms with E-state index in [2.05, 4.69) is 17.1 Å². The fraction of sp³-hybridized carbons (Fsp3) is 0. The summed E-state index contributed by atoms with van der Waals surface area (Å²) in [6.45, 7) is 0. The summed E-state index contributed by atoms with van der Waals surface area (Å²) in [4.78, 5) is 8.96. The van der Waals surface area contributed by atoms with Gasteiger partial charge in [-0.2, -0.15) is 0 Å². The summed E-state index contributed by atoms with van der Waals surface area (Å²) in [6.07, 6.45) is 3.64. The molecule has 0 saturated heterocycles. The molecular formula is C18H11ClN2. The van der Waals surface area contributed by atoms with Crippen molar-refractivity contribution in [3.8, 4) is 11.1 Å². The van der Waals surface area contributed by atoms with Crippen molar-refractivity contribution < 1.29 is 0 Å². The van der Waals surface area contributed by atoms with Gasteiger partial charge in [0.1, 0.15) is 0 Å². The molecule has 2 aromatic heterocycles. The number of benzene rings is 2. The van der Waals surface area contributed by atoms with E-state index in [9.17, 15) is 0 Å². The molecule has 3 heteroatoms. The Morgan fingerprint density at radius 1 is 0.810 bits per heavy atom. The van der Waals surface area contributed by atoms with Crippen molar-refractivity contribution in [1.82, 2.24) is 9.97 Å². The number of rotatable bonds is 1. The smallest absolute Gasteiger partial charge is 0.0746 e. The third-order valence-electron chi connectivity index (χ3n) is 3.60. The summed E-state index contributed by atoms with van der Waals surface area (Å²) >= 11 is 6.19. The number of halogens is 1. The molecule has 0 atom stereocenters. The zero-order chi connectivity index (χ0) is 14.2. The molecule has 4 rings (SSSR count). The number of fused-ring (bicyclic) bond motifs is 2. The van der Waals surface area contributed by atoms with Crippen LogP contribution in [0.2, 0.25) is 5.02 Å². The molecule has 0 saturated carbocycles. The molecule has 0 amide bonds. The van der Waals surface area contributed by atoms with Gasteiger partial charge in [0.25, 0.3) is 0 Å². The summed E-state index contributed by atoms with van der Waals surface area (Å²) in [5.74, 6) is 0. The Hall–Kier alpha value is -2.45. The number of hydrogen-bond donors (Lipinski definition) is 0. The van der Waals surface area contributed by atoms with Crippen LogP contribution in [0.4, 0.5) is 0 Å². The van der Waals surface area contributed by atoms with E-state index in [1.54, 1.807) is 6.20 Å². The maximum Gasteiger partial charge on any atom is 0.0746 e. The molecule has 4 aromatic rings. The highest BCUT2D eigenvalue weighted by Gasteiger charge is 2.11. The van der Waals surface area contributed by atoms with Crippen LogP contribution in [0, 0.1) is 0 Å². The minimum Gasteiger partial charge on any atom is -0.264 e. The molecule has 0 radical (unpaired) electrons. The Morgan fingerprint density at radius 3 is 2.48 bits per heavy atom. The van der Waals surface area contributed by atoms with Gasteiger partial charge >= 0.3 is 0 Å². The molecule has 0 bridgehead atoms. The second-order valence-corrected chi connectivity index (χ2v) is 5.34. The fourth-order valence-corrected chi connectivity index (χ4v) is 2.85. The molecule has 0 aliphatic carbocycles. The first-order valence-electron chi connectivity index (χ1n) is 6.71. The Kier molecular flexibility index (Phi) is 2.83. The maximum atomic E-state index is 6.19. The first kappa shape index (κ1) is 12.3.